The standard InChI is InChI=1S/C15H21NO2/c1-14(2)12-7-5-6-10(17)8-15(12,3)9-11(16-4)13(14)18/h12,18H,5-9H2,1-3H3/t12-,15-/m0/s1. The maximum absolute atomic E-state index is 11.9. The summed E-state index contributed by atoms with van der Waals surface area (Å²) in [6, 6.07) is 0. The van der Waals surface area contributed by atoms with Gasteiger partial charge in [-0.05, 0) is 30.6 Å². The van der Waals surface area contributed by atoms with Gasteiger partial charge in [-0.3, -0.25) is 4.79 Å². The van der Waals surface area contributed by atoms with Crippen LogP contribution in [0.2, 0.25) is 0 Å². The Bertz CT molecular complexity index is 456. The van der Waals surface area contributed by atoms with E-state index in [9.17, 15) is 9.90 Å². The summed E-state index contributed by atoms with van der Waals surface area (Å²) in [5.41, 5.74) is -0.103. The van der Waals surface area contributed by atoms with Crippen LogP contribution in [0.1, 0.15) is 52.9 Å². The van der Waals surface area contributed by atoms with Gasteiger partial charge < -0.3 is 5.11 Å². The van der Waals surface area contributed by atoms with Crippen LogP contribution in [0.3, 0.4) is 0 Å². The molecule has 0 aromatic heterocycles. The normalized spacial score (nSPS) is 35.7. The maximum Gasteiger partial charge on any atom is 0.203 e. The first-order valence-electron chi connectivity index (χ1n) is 6.63. The maximum atomic E-state index is 11.9. The molecule has 2 rings (SSSR count). The van der Waals surface area contributed by atoms with Gasteiger partial charge in [-0.15, -0.1) is 0 Å². The van der Waals surface area contributed by atoms with Crippen molar-refractivity contribution in [3.63, 3.8) is 0 Å². The van der Waals surface area contributed by atoms with Gasteiger partial charge in [0.1, 0.15) is 11.5 Å². The summed E-state index contributed by atoms with van der Waals surface area (Å²) in [6.45, 7) is 13.3. The van der Waals surface area contributed by atoms with Crippen LogP contribution in [0.15, 0.2) is 11.5 Å². The number of hydrogen-bond acceptors (Lipinski definition) is 2. The highest BCUT2D eigenvalue weighted by atomic mass is 16.3. The second-order valence-electron chi connectivity index (χ2n) is 6.62. The number of carbonyl (C=O) groups excluding carboxylic acids is 1. The highest BCUT2D eigenvalue weighted by Gasteiger charge is 2.51. The zero-order valence-corrected chi connectivity index (χ0v) is 11.4. The van der Waals surface area contributed by atoms with Crippen molar-refractivity contribution >= 4 is 5.78 Å². The first-order valence-corrected chi connectivity index (χ1v) is 6.63. The highest BCUT2D eigenvalue weighted by molar-refractivity contribution is 5.79. The molecule has 0 bridgehead atoms. The highest BCUT2D eigenvalue weighted by Crippen LogP contribution is 2.57. The van der Waals surface area contributed by atoms with Crippen molar-refractivity contribution in [2.45, 2.75) is 52.9 Å². The first-order chi connectivity index (χ1) is 8.31. The van der Waals surface area contributed by atoms with Gasteiger partial charge >= 0.3 is 0 Å². The van der Waals surface area contributed by atoms with E-state index in [1.165, 1.54) is 0 Å². The summed E-state index contributed by atoms with van der Waals surface area (Å²) in [7, 11) is 0. The second kappa shape index (κ2) is 4.12. The lowest BCUT2D eigenvalue weighted by Crippen LogP contribution is -2.43. The van der Waals surface area contributed by atoms with Crippen molar-refractivity contribution in [3.05, 3.63) is 22.9 Å². The van der Waals surface area contributed by atoms with Crippen molar-refractivity contribution in [1.82, 2.24) is 0 Å². The third-order valence-electron chi connectivity index (χ3n) is 4.85. The number of aliphatic hydroxyl groups is 1. The van der Waals surface area contributed by atoms with Crippen molar-refractivity contribution in [1.29, 1.82) is 0 Å². The lowest BCUT2D eigenvalue weighted by atomic mass is 9.56. The Morgan fingerprint density at radius 2 is 2.00 bits per heavy atom. The number of fused-ring (bicyclic) bond motifs is 1. The van der Waals surface area contributed by atoms with Crippen LogP contribution in [0.4, 0.5) is 0 Å². The Morgan fingerprint density at radius 1 is 1.33 bits per heavy atom. The Morgan fingerprint density at radius 3 is 2.61 bits per heavy atom. The summed E-state index contributed by atoms with van der Waals surface area (Å²) in [5, 5.41) is 10.3. The minimum Gasteiger partial charge on any atom is -0.523 e. The molecule has 2 aliphatic rings. The van der Waals surface area contributed by atoms with Crippen LogP contribution in [-0.2, 0) is 4.79 Å². The number of Topliss-reactive ketones (excluding diaryl/α,β-unsaturated/α-hetero) is 1. The Balaban J connectivity index is 2.51. The Kier molecular flexibility index (Phi) is 3.01. The number of nitrogens with zero attached hydrogens (tertiary/aromatic N) is 1. The molecular formula is C15H21NO2. The Labute approximate surface area is 109 Å². The fraction of sp³-hybridized carbons (Fsp3) is 0.733. The predicted octanol–water partition coefficient (Wildman–Crippen LogP) is 3.87. The molecule has 18 heavy (non-hydrogen) atoms. The number of allylic oxidation sites excluding steroid dienone is 2. The molecule has 0 aromatic rings. The zero-order chi connectivity index (χ0) is 13.6. The third kappa shape index (κ3) is 1.84. The number of carbonyl (C=O) groups is 1. The van der Waals surface area contributed by atoms with Gasteiger partial charge in [0.25, 0.3) is 0 Å². The van der Waals surface area contributed by atoms with Crippen LogP contribution in [-0.4, -0.2) is 10.9 Å². The molecule has 0 heterocycles. The van der Waals surface area contributed by atoms with E-state index in [1.54, 1.807) is 0 Å². The summed E-state index contributed by atoms with van der Waals surface area (Å²) < 4.78 is 0. The average molecular weight is 247 g/mol. The van der Waals surface area contributed by atoms with Gasteiger partial charge in [0.2, 0.25) is 5.70 Å². The summed E-state index contributed by atoms with van der Waals surface area (Å²) in [4.78, 5) is 15.4. The second-order valence-corrected chi connectivity index (χ2v) is 6.62. The molecule has 98 valence electrons. The first kappa shape index (κ1) is 13.1. The SMILES string of the molecule is [C-]#[N+]C1=C(O)C(C)(C)[C@@H]2CCCC(=O)C[C@@]2(C)C1. The molecule has 0 amide bonds. The summed E-state index contributed by atoms with van der Waals surface area (Å²) in [5.74, 6) is 0.831. The van der Waals surface area contributed by atoms with Crippen molar-refractivity contribution in [2.75, 3.05) is 0 Å². The van der Waals surface area contributed by atoms with Gasteiger partial charge in [-0.1, -0.05) is 20.8 Å². The number of rotatable bonds is 0. The molecule has 0 radical (unpaired) electrons. The number of hydrogen-bond donors (Lipinski definition) is 1. The molecule has 1 saturated carbocycles. The number of ketones is 1. The smallest absolute Gasteiger partial charge is 0.203 e. The number of aliphatic hydroxyl groups excluding tert-OH is 1. The summed E-state index contributed by atoms with van der Waals surface area (Å²) >= 11 is 0. The zero-order valence-electron chi connectivity index (χ0n) is 11.4. The third-order valence-corrected chi connectivity index (χ3v) is 4.85. The van der Waals surface area contributed by atoms with E-state index in [0.717, 1.165) is 12.8 Å². The van der Waals surface area contributed by atoms with E-state index >= 15 is 0 Å². The van der Waals surface area contributed by atoms with Crippen LogP contribution in [0.5, 0.6) is 0 Å². The van der Waals surface area contributed by atoms with E-state index in [4.69, 9.17) is 6.57 Å². The van der Waals surface area contributed by atoms with Crippen molar-refractivity contribution in [3.8, 4) is 0 Å². The molecule has 0 saturated heterocycles. The van der Waals surface area contributed by atoms with E-state index in [2.05, 4.69) is 11.8 Å². The van der Waals surface area contributed by atoms with Gasteiger partial charge in [0, 0.05) is 18.3 Å². The summed E-state index contributed by atoms with van der Waals surface area (Å²) in [6.07, 6.45) is 3.61. The fourth-order valence-corrected chi connectivity index (χ4v) is 4.03. The van der Waals surface area contributed by atoms with Crippen molar-refractivity contribution in [2.24, 2.45) is 16.7 Å². The lowest BCUT2D eigenvalue weighted by molar-refractivity contribution is -0.121. The molecular weight excluding hydrogens is 226 g/mol. The Hall–Kier alpha value is -1.30. The van der Waals surface area contributed by atoms with E-state index in [1.807, 2.05) is 13.8 Å². The minimum atomic E-state index is -0.391. The quantitative estimate of drug-likeness (QED) is 0.660. The molecule has 0 aromatic carbocycles. The molecule has 0 aliphatic heterocycles. The molecule has 0 unspecified atom stereocenters. The van der Waals surface area contributed by atoms with Gasteiger partial charge in [0.15, 0.2) is 0 Å². The van der Waals surface area contributed by atoms with Crippen LogP contribution >= 0.6 is 0 Å². The largest absolute Gasteiger partial charge is 0.523 e. The molecule has 3 nitrogen and oxygen atoms in total. The topological polar surface area (TPSA) is 41.7 Å². The van der Waals surface area contributed by atoms with Gasteiger partial charge in [-0.25, -0.2) is 4.85 Å². The molecule has 2 aliphatic carbocycles. The van der Waals surface area contributed by atoms with Gasteiger partial charge in [-0.2, -0.15) is 0 Å². The minimum absolute atomic E-state index is 0.163. The van der Waals surface area contributed by atoms with Crippen LogP contribution in [0.25, 0.3) is 4.85 Å². The fourth-order valence-electron chi connectivity index (χ4n) is 4.03. The van der Waals surface area contributed by atoms with Crippen molar-refractivity contribution < 1.29 is 9.90 Å². The average Bonchev–Trinajstić information content (AvgIpc) is 2.43. The molecule has 0 spiro atoms. The van der Waals surface area contributed by atoms with Crippen LogP contribution < -0.4 is 0 Å². The predicted molar refractivity (Wildman–Crippen MR) is 69.7 cm³/mol. The monoisotopic (exact) mass is 247 g/mol. The van der Waals surface area contributed by atoms with Crippen LogP contribution in [0, 0.1) is 23.3 Å². The molecule has 1 fully saturated rings. The lowest BCUT2D eigenvalue weighted by Gasteiger charge is -2.49. The van der Waals surface area contributed by atoms with E-state index < -0.39 is 5.41 Å². The molecule has 2 atom stereocenters. The molecule has 1 N–H and O–H groups in total. The molecule has 3 heteroatoms. The van der Waals surface area contributed by atoms with E-state index in [0.29, 0.717) is 30.7 Å². The van der Waals surface area contributed by atoms with Gasteiger partial charge in [0.05, 0.1) is 6.57 Å². The van der Waals surface area contributed by atoms with E-state index in [-0.39, 0.29) is 17.1 Å².